The summed E-state index contributed by atoms with van der Waals surface area (Å²) in [4.78, 5) is 11.6. The Morgan fingerprint density at radius 1 is 1.41 bits per heavy atom. The lowest BCUT2D eigenvalue weighted by Gasteiger charge is -2.05. The molecule has 0 aliphatic carbocycles. The number of nitro groups is 1. The normalized spacial score (nSPS) is 10.2. The summed E-state index contributed by atoms with van der Waals surface area (Å²) in [6.07, 6.45) is 0. The summed E-state index contributed by atoms with van der Waals surface area (Å²) in [5.41, 5.74) is 0.613. The van der Waals surface area contributed by atoms with Crippen LogP contribution in [0.1, 0.15) is 4.88 Å². The van der Waals surface area contributed by atoms with Gasteiger partial charge >= 0.3 is 0 Å². The predicted octanol–water partition coefficient (Wildman–Crippen LogP) is 4.03. The Morgan fingerprint density at radius 3 is 2.88 bits per heavy atom. The van der Waals surface area contributed by atoms with E-state index in [-0.39, 0.29) is 10.6 Å². The number of hydrogen-bond acceptors (Lipinski definition) is 4. The minimum absolute atomic E-state index is 0.0796. The Labute approximate surface area is 111 Å². The van der Waals surface area contributed by atoms with E-state index >= 15 is 0 Å². The molecule has 17 heavy (non-hydrogen) atoms. The molecule has 88 valence electrons. The maximum atomic E-state index is 10.9. The molecule has 4 nitrogen and oxygen atoms in total. The maximum absolute atomic E-state index is 10.9. The summed E-state index contributed by atoms with van der Waals surface area (Å²) < 4.78 is 0.700. The molecule has 0 bridgehead atoms. The molecular weight excluding hydrogens is 304 g/mol. The number of nitrogens with one attached hydrogen (secondary N) is 1. The van der Waals surface area contributed by atoms with E-state index in [1.807, 2.05) is 17.5 Å². The van der Waals surface area contributed by atoms with Crippen LogP contribution < -0.4 is 5.32 Å². The number of anilines is 1. The maximum Gasteiger partial charge on any atom is 0.293 e. The smallest absolute Gasteiger partial charge is 0.293 e. The number of nitrogens with zero attached hydrogens (tertiary/aromatic N) is 1. The first-order chi connectivity index (χ1) is 8.16. The van der Waals surface area contributed by atoms with Crippen molar-refractivity contribution in [2.75, 3.05) is 5.32 Å². The van der Waals surface area contributed by atoms with Gasteiger partial charge in [0.1, 0.15) is 5.69 Å². The van der Waals surface area contributed by atoms with E-state index in [1.165, 1.54) is 6.07 Å². The molecule has 1 N–H and O–H groups in total. The number of halogens is 1. The molecule has 0 atom stereocenters. The molecule has 1 aromatic carbocycles. The molecule has 1 aromatic heterocycles. The van der Waals surface area contributed by atoms with Gasteiger partial charge in [0.05, 0.1) is 4.92 Å². The van der Waals surface area contributed by atoms with E-state index < -0.39 is 0 Å². The van der Waals surface area contributed by atoms with Gasteiger partial charge in [0.15, 0.2) is 0 Å². The number of hydrogen-bond donors (Lipinski definition) is 1. The van der Waals surface area contributed by atoms with Crippen LogP contribution in [0.2, 0.25) is 0 Å². The molecule has 0 radical (unpaired) electrons. The fraction of sp³-hybridized carbons (Fsp3) is 0.0909. The van der Waals surface area contributed by atoms with Crippen LogP contribution in [0.4, 0.5) is 11.4 Å². The molecule has 2 rings (SSSR count). The Hall–Kier alpha value is -1.40. The zero-order chi connectivity index (χ0) is 12.3. The summed E-state index contributed by atoms with van der Waals surface area (Å²) in [7, 11) is 0. The molecule has 2 aromatic rings. The Balaban J connectivity index is 2.17. The summed E-state index contributed by atoms with van der Waals surface area (Å²) in [5, 5.41) is 15.9. The first kappa shape index (κ1) is 12.1. The molecule has 0 spiro atoms. The van der Waals surface area contributed by atoms with Crippen molar-refractivity contribution in [1.82, 2.24) is 0 Å². The molecule has 0 amide bonds. The van der Waals surface area contributed by atoms with Crippen LogP contribution >= 0.6 is 27.3 Å². The van der Waals surface area contributed by atoms with E-state index in [0.29, 0.717) is 16.7 Å². The average molecular weight is 313 g/mol. The second-order valence-electron chi connectivity index (χ2n) is 3.35. The second kappa shape index (κ2) is 5.29. The van der Waals surface area contributed by atoms with Crippen molar-refractivity contribution in [3.8, 4) is 0 Å². The van der Waals surface area contributed by atoms with E-state index in [9.17, 15) is 10.1 Å². The SMILES string of the molecule is O=[N+]([O-])c1cc(Br)ccc1NCc1cccs1. The van der Waals surface area contributed by atoms with Gasteiger partial charge < -0.3 is 5.32 Å². The Morgan fingerprint density at radius 2 is 2.24 bits per heavy atom. The summed E-state index contributed by atoms with van der Waals surface area (Å²) in [5.74, 6) is 0. The fourth-order valence-electron chi connectivity index (χ4n) is 1.40. The number of benzene rings is 1. The number of rotatable bonds is 4. The lowest BCUT2D eigenvalue weighted by Crippen LogP contribution is -2.01. The molecule has 0 aliphatic rings. The van der Waals surface area contributed by atoms with Crippen LogP contribution in [0, 0.1) is 10.1 Å². The van der Waals surface area contributed by atoms with Gasteiger partial charge in [-0.15, -0.1) is 11.3 Å². The fourth-order valence-corrected chi connectivity index (χ4v) is 2.39. The summed E-state index contributed by atoms with van der Waals surface area (Å²) in [6.45, 7) is 0.597. The van der Waals surface area contributed by atoms with Crippen LogP contribution in [-0.4, -0.2) is 4.92 Å². The van der Waals surface area contributed by atoms with Gasteiger partial charge in [-0.05, 0) is 23.6 Å². The van der Waals surface area contributed by atoms with E-state index in [2.05, 4.69) is 21.2 Å². The molecule has 0 saturated heterocycles. The minimum atomic E-state index is -0.387. The largest absolute Gasteiger partial charge is 0.375 e. The van der Waals surface area contributed by atoms with Crippen LogP contribution in [0.3, 0.4) is 0 Å². The monoisotopic (exact) mass is 312 g/mol. The third kappa shape index (κ3) is 3.04. The molecule has 1 heterocycles. The van der Waals surface area contributed by atoms with Gasteiger partial charge in [-0.1, -0.05) is 22.0 Å². The molecule has 0 fully saturated rings. The first-order valence-electron chi connectivity index (χ1n) is 4.87. The predicted molar refractivity (Wildman–Crippen MR) is 72.4 cm³/mol. The van der Waals surface area contributed by atoms with Crippen LogP contribution in [0.5, 0.6) is 0 Å². The van der Waals surface area contributed by atoms with Crippen molar-refractivity contribution >= 4 is 38.6 Å². The molecular formula is C11H9BrN2O2S. The lowest BCUT2D eigenvalue weighted by atomic mass is 10.2. The number of thiophene rings is 1. The minimum Gasteiger partial charge on any atom is -0.375 e. The standard InChI is InChI=1S/C11H9BrN2O2S/c12-8-3-4-10(11(6-8)14(15)16)13-7-9-2-1-5-17-9/h1-6,13H,7H2. The highest BCUT2D eigenvalue weighted by Gasteiger charge is 2.13. The van der Waals surface area contributed by atoms with Gasteiger partial charge in [-0.3, -0.25) is 10.1 Å². The van der Waals surface area contributed by atoms with E-state index in [4.69, 9.17) is 0 Å². The van der Waals surface area contributed by atoms with Crippen molar-refractivity contribution < 1.29 is 4.92 Å². The van der Waals surface area contributed by atoms with Crippen molar-refractivity contribution in [3.05, 3.63) is 55.2 Å². The van der Waals surface area contributed by atoms with Gasteiger partial charge in [0, 0.05) is 22.0 Å². The molecule has 0 unspecified atom stereocenters. The third-order valence-electron chi connectivity index (χ3n) is 2.19. The van der Waals surface area contributed by atoms with Gasteiger partial charge in [-0.25, -0.2) is 0 Å². The van der Waals surface area contributed by atoms with Crippen molar-refractivity contribution in [2.45, 2.75) is 6.54 Å². The quantitative estimate of drug-likeness (QED) is 0.685. The molecule has 0 aliphatic heterocycles. The Kier molecular flexibility index (Phi) is 3.75. The van der Waals surface area contributed by atoms with Crippen LogP contribution in [0.25, 0.3) is 0 Å². The topological polar surface area (TPSA) is 55.2 Å². The average Bonchev–Trinajstić information content (AvgIpc) is 2.80. The zero-order valence-corrected chi connectivity index (χ0v) is 11.1. The highest BCUT2D eigenvalue weighted by Crippen LogP contribution is 2.28. The van der Waals surface area contributed by atoms with Crippen molar-refractivity contribution in [2.24, 2.45) is 0 Å². The van der Waals surface area contributed by atoms with Crippen LogP contribution in [0.15, 0.2) is 40.2 Å². The van der Waals surface area contributed by atoms with Gasteiger partial charge in [0.25, 0.3) is 5.69 Å². The van der Waals surface area contributed by atoms with Gasteiger partial charge in [0.2, 0.25) is 0 Å². The van der Waals surface area contributed by atoms with Gasteiger partial charge in [-0.2, -0.15) is 0 Å². The molecule has 0 saturated carbocycles. The highest BCUT2D eigenvalue weighted by atomic mass is 79.9. The first-order valence-corrected chi connectivity index (χ1v) is 6.54. The second-order valence-corrected chi connectivity index (χ2v) is 5.30. The number of nitro benzene ring substituents is 1. The Bertz CT molecular complexity index is 528. The van der Waals surface area contributed by atoms with Crippen molar-refractivity contribution in [3.63, 3.8) is 0 Å². The summed E-state index contributed by atoms with van der Waals surface area (Å²) >= 11 is 4.84. The molecule has 6 heteroatoms. The third-order valence-corrected chi connectivity index (χ3v) is 3.56. The van der Waals surface area contributed by atoms with E-state index in [1.54, 1.807) is 23.5 Å². The summed E-state index contributed by atoms with van der Waals surface area (Å²) in [6, 6.07) is 8.93. The van der Waals surface area contributed by atoms with Crippen molar-refractivity contribution in [1.29, 1.82) is 0 Å². The zero-order valence-electron chi connectivity index (χ0n) is 8.72. The van der Waals surface area contributed by atoms with E-state index in [0.717, 1.165) is 4.88 Å². The van der Waals surface area contributed by atoms with Crippen LogP contribution in [-0.2, 0) is 6.54 Å². The lowest BCUT2D eigenvalue weighted by molar-refractivity contribution is -0.384. The highest BCUT2D eigenvalue weighted by molar-refractivity contribution is 9.10.